The summed E-state index contributed by atoms with van der Waals surface area (Å²) in [7, 11) is 1.87. The van der Waals surface area contributed by atoms with Crippen LogP contribution in [0.1, 0.15) is 11.4 Å². The van der Waals surface area contributed by atoms with Crippen molar-refractivity contribution in [1.29, 1.82) is 0 Å². The molecule has 0 amide bonds. The van der Waals surface area contributed by atoms with Crippen molar-refractivity contribution < 1.29 is 9.90 Å². The minimum Gasteiger partial charge on any atom is -0.481 e. The van der Waals surface area contributed by atoms with Crippen LogP contribution in [-0.4, -0.2) is 30.2 Å². The highest BCUT2D eigenvalue weighted by molar-refractivity contribution is 7.15. The lowest BCUT2D eigenvalue weighted by Gasteiger charge is -1.93. The normalized spacial score (nSPS) is 11.3. The van der Waals surface area contributed by atoms with Gasteiger partial charge in [-0.3, -0.25) is 13.9 Å². The molecule has 3 heterocycles. The monoisotopic (exact) mass is 276 g/mol. The van der Waals surface area contributed by atoms with Crippen LogP contribution in [0.3, 0.4) is 0 Å². The molecule has 7 heteroatoms. The molecule has 3 rings (SSSR count). The number of hydrogen-bond acceptors (Lipinski definition) is 4. The highest BCUT2D eigenvalue weighted by Crippen LogP contribution is 2.25. The topological polar surface area (TPSA) is 72.4 Å². The van der Waals surface area contributed by atoms with E-state index in [2.05, 4.69) is 10.1 Å². The number of carbonyl (C=O) groups is 1. The zero-order chi connectivity index (χ0) is 13.6. The Balaban J connectivity index is 2.09. The second-order valence-electron chi connectivity index (χ2n) is 4.38. The van der Waals surface area contributed by atoms with Gasteiger partial charge in [-0.25, -0.2) is 4.98 Å². The van der Waals surface area contributed by atoms with Crippen LogP contribution in [-0.2, 0) is 18.3 Å². The third-order valence-electron chi connectivity index (χ3n) is 2.91. The van der Waals surface area contributed by atoms with E-state index in [-0.39, 0.29) is 6.42 Å². The number of nitrogens with zero attached hydrogens (tertiary/aromatic N) is 4. The molecule has 0 unspecified atom stereocenters. The first kappa shape index (κ1) is 11.9. The first-order chi connectivity index (χ1) is 9.04. The summed E-state index contributed by atoms with van der Waals surface area (Å²) in [5.74, 6) is -0.840. The van der Waals surface area contributed by atoms with Gasteiger partial charge in [0.15, 0.2) is 4.96 Å². The Morgan fingerprint density at radius 1 is 1.47 bits per heavy atom. The minimum atomic E-state index is -0.840. The quantitative estimate of drug-likeness (QED) is 0.790. The number of rotatable bonds is 3. The zero-order valence-corrected chi connectivity index (χ0v) is 11.3. The maximum absolute atomic E-state index is 10.8. The largest absolute Gasteiger partial charge is 0.481 e. The Kier molecular flexibility index (Phi) is 2.63. The average molecular weight is 276 g/mol. The number of aromatic nitrogens is 4. The molecule has 0 spiro atoms. The van der Waals surface area contributed by atoms with Crippen LogP contribution in [0.2, 0.25) is 0 Å². The Bertz CT molecular complexity index is 768. The lowest BCUT2D eigenvalue weighted by atomic mass is 10.2. The molecule has 98 valence electrons. The summed E-state index contributed by atoms with van der Waals surface area (Å²) in [5, 5.41) is 15.0. The highest BCUT2D eigenvalue weighted by atomic mass is 32.1. The molecule has 6 nitrogen and oxygen atoms in total. The van der Waals surface area contributed by atoms with Gasteiger partial charge in [0, 0.05) is 36.1 Å². The van der Waals surface area contributed by atoms with Gasteiger partial charge >= 0.3 is 5.97 Å². The Labute approximate surface area is 112 Å². The molecular formula is C12H12N4O2S. The maximum atomic E-state index is 10.8. The van der Waals surface area contributed by atoms with E-state index in [9.17, 15) is 4.79 Å². The van der Waals surface area contributed by atoms with E-state index >= 15 is 0 Å². The van der Waals surface area contributed by atoms with Gasteiger partial charge in [-0.1, -0.05) is 0 Å². The van der Waals surface area contributed by atoms with Crippen LogP contribution >= 0.6 is 11.3 Å². The van der Waals surface area contributed by atoms with Crippen molar-refractivity contribution in [2.24, 2.45) is 7.05 Å². The molecule has 0 aliphatic rings. The molecule has 0 saturated heterocycles. The van der Waals surface area contributed by atoms with E-state index in [4.69, 9.17) is 5.11 Å². The predicted molar refractivity (Wildman–Crippen MR) is 71.3 cm³/mol. The molecule has 0 bridgehead atoms. The van der Waals surface area contributed by atoms with Crippen LogP contribution in [0.5, 0.6) is 0 Å². The van der Waals surface area contributed by atoms with Gasteiger partial charge in [-0.2, -0.15) is 5.10 Å². The van der Waals surface area contributed by atoms with Crippen LogP contribution in [0.25, 0.3) is 16.2 Å². The second-order valence-corrected chi connectivity index (χ2v) is 5.21. The minimum absolute atomic E-state index is 0.00181. The molecule has 3 aromatic rings. The van der Waals surface area contributed by atoms with E-state index in [1.807, 2.05) is 36.1 Å². The predicted octanol–water partition coefficient (Wildman–Crippen LogP) is 1.73. The molecule has 0 fully saturated rings. The van der Waals surface area contributed by atoms with E-state index in [0.717, 1.165) is 27.6 Å². The van der Waals surface area contributed by atoms with Crippen molar-refractivity contribution in [2.45, 2.75) is 13.3 Å². The summed E-state index contributed by atoms with van der Waals surface area (Å²) in [6.45, 7) is 1.93. The van der Waals surface area contributed by atoms with E-state index < -0.39 is 5.97 Å². The molecule has 0 aromatic carbocycles. The van der Waals surface area contributed by atoms with Gasteiger partial charge in [-0.05, 0) is 6.92 Å². The molecular weight excluding hydrogens is 264 g/mol. The molecule has 0 aliphatic heterocycles. The maximum Gasteiger partial charge on any atom is 0.309 e. The van der Waals surface area contributed by atoms with Gasteiger partial charge in [0.05, 0.1) is 17.8 Å². The first-order valence-corrected chi connectivity index (χ1v) is 6.60. The SMILES string of the molecule is Cc1nn(C)cc1-c1cn2c(CC(=O)O)csc2n1. The van der Waals surface area contributed by atoms with E-state index in [0.29, 0.717) is 0 Å². The number of hydrogen-bond donors (Lipinski definition) is 1. The third kappa shape index (κ3) is 2.01. The number of thiazole rings is 1. The molecule has 3 aromatic heterocycles. The van der Waals surface area contributed by atoms with Crippen molar-refractivity contribution in [3.63, 3.8) is 0 Å². The summed E-state index contributed by atoms with van der Waals surface area (Å²) in [6, 6.07) is 0. The first-order valence-electron chi connectivity index (χ1n) is 5.72. The number of imidazole rings is 1. The van der Waals surface area contributed by atoms with Gasteiger partial charge < -0.3 is 5.11 Å². The summed E-state index contributed by atoms with van der Waals surface area (Å²) < 4.78 is 3.58. The number of fused-ring (bicyclic) bond motifs is 1. The van der Waals surface area contributed by atoms with Crippen molar-refractivity contribution in [3.05, 3.63) is 29.2 Å². The fourth-order valence-electron chi connectivity index (χ4n) is 2.09. The van der Waals surface area contributed by atoms with Gasteiger partial charge in [0.1, 0.15) is 0 Å². The van der Waals surface area contributed by atoms with Gasteiger partial charge in [-0.15, -0.1) is 11.3 Å². The third-order valence-corrected chi connectivity index (χ3v) is 3.79. The van der Waals surface area contributed by atoms with Crippen molar-refractivity contribution in [3.8, 4) is 11.3 Å². The average Bonchev–Trinajstić information content (AvgIpc) is 2.94. The molecule has 0 radical (unpaired) electrons. The van der Waals surface area contributed by atoms with Gasteiger partial charge in [0.2, 0.25) is 0 Å². The summed E-state index contributed by atoms with van der Waals surface area (Å²) in [4.78, 5) is 16.1. The molecule has 1 N–H and O–H groups in total. The van der Waals surface area contributed by atoms with Crippen molar-refractivity contribution in [2.75, 3.05) is 0 Å². The van der Waals surface area contributed by atoms with Crippen LogP contribution < -0.4 is 0 Å². The van der Waals surface area contributed by atoms with E-state index in [1.54, 1.807) is 4.68 Å². The molecule has 0 atom stereocenters. The molecule has 0 saturated carbocycles. The lowest BCUT2D eigenvalue weighted by molar-refractivity contribution is -0.136. The zero-order valence-electron chi connectivity index (χ0n) is 10.5. The number of aryl methyl sites for hydroxylation is 2. The number of carboxylic acid groups (broad SMARTS) is 1. The lowest BCUT2D eigenvalue weighted by Crippen LogP contribution is -2.02. The van der Waals surface area contributed by atoms with Crippen molar-refractivity contribution in [1.82, 2.24) is 19.2 Å². The van der Waals surface area contributed by atoms with Crippen LogP contribution in [0, 0.1) is 6.92 Å². The Morgan fingerprint density at radius 3 is 2.89 bits per heavy atom. The standard InChI is InChI=1S/C12H12N4O2S/c1-7-9(4-15(2)14-7)10-5-16-8(3-11(17)18)6-19-12(16)13-10/h4-6H,3H2,1-2H3,(H,17,18). The van der Waals surface area contributed by atoms with Crippen LogP contribution in [0.4, 0.5) is 0 Å². The van der Waals surface area contributed by atoms with E-state index in [1.165, 1.54) is 11.3 Å². The fraction of sp³-hybridized carbons (Fsp3) is 0.250. The molecule has 19 heavy (non-hydrogen) atoms. The Morgan fingerprint density at radius 2 is 2.26 bits per heavy atom. The number of aliphatic carboxylic acids is 1. The Hall–Kier alpha value is -2.15. The number of carboxylic acids is 1. The van der Waals surface area contributed by atoms with Gasteiger partial charge in [0.25, 0.3) is 0 Å². The summed E-state index contributed by atoms with van der Waals surface area (Å²) in [5.41, 5.74) is 3.45. The summed E-state index contributed by atoms with van der Waals surface area (Å²) in [6.07, 6.45) is 3.79. The highest BCUT2D eigenvalue weighted by Gasteiger charge is 2.14. The second kappa shape index (κ2) is 4.20. The summed E-state index contributed by atoms with van der Waals surface area (Å²) >= 11 is 1.45. The van der Waals surface area contributed by atoms with Crippen LogP contribution in [0.15, 0.2) is 17.8 Å². The smallest absolute Gasteiger partial charge is 0.309 e. The van der Waals surface area contributed by atoms with Crippen molar-refractivity contribution >= 4 is 22.3 Å². The molecule has 0 aliphatic carbocycles. The fourth-order valence-corrected chi connectivity index (χ4v) is 2.97.